The Hall–Kier alpha value is -1.54. The number of nitrogens with two attached hydrogens (primary N) is 2. The molecule has 0 saturated carbocycles. The van der Waals surface area contributed by atoms with E-state index in [1.807, 2.05) is 0 Å². The first-order chi connectivity index (χ1) is 16.2. The number of hydrogen-bond acceptors (Lipinski definition) is 14. The molecule has 0 unspecified atom stereocenters. The highest BCUT2D eigenvalue weighted by atomic mass is 16.7. The zero-order chi connectivity index (χ0) is 28.3. The van der Waals surface area contributed by atoms with E-state index in [1.54, 1.807) is 0 Å². The number of carboxylic acids is 2. The minimum Gasteiger partial charge on any atom is -0.544 e. The summed E-state index contributed by atoms with van der Waals surface area (Å²) in [6.45, 7) is 4.12. The molecule has 2 saturated heterocycles. The van der Waals surface area contributed by atoms with Crippen molar-refractivity contribution in [3.05, 3.63) is 0 Å². The van der Waals surface area contributed by atoms with Gasteiger partial charge < -0.3 is 80.8 Å². The first-order valence-electron chi connectivity index (χ1n) is 11.1. The van der Waals surface area contributed by atoms with E-state index in [1.165, 1.54) is 38.3 Å². The molecule has 8 atom stereocenters. The number of carbonyl (C=O) groups is 2. The van der Waals surface area contributed by atoms with Gasteiger partial charge in [-0.15, -0.1) is 0 Å². The fourth-order valence-corrected chi connectivity index (χ4v) is 3.11. The highest BCUT2D eigenvalue weighted by Gasteiger charge is 2.51. The second-order valence-corrected chi connectivity index (χ2v) is 10.2. The third-order valence-electron chi connectivity index (χ3n) is 6.23. The molecule has 36 heavy (non-hydrogen) atoms. The third kappa shape index (κ3) is 7.73. The van der Waals surface area contributed by atoms with Crippen LogP contribution in [0.2, 0.25) is 0 Å². The van der Waals surface area contributed by atoms with E-state index < -0.39 is 71.2 Å². The van der Waals surface area contributed by atoms with Crippen LogP contribution in [0.5, 0.6) is 0 Å². The van der Waals surface area contributed by atoms with Gasteiger partial charge in [0.1, 0.15) is 72.7 Å². The Labute approximate surface area is 206 Å². The van der Waals surface area contributed by atoms with Gasteiger partial charge in [0, 0.05) is 0 Å². The fourth-order valence-electron chi connectivity index (χ4n) is 3.11. The van der Waals surface area contributed by atoms with Crippen LogP contribution in [0.3, 0.4) is 0 Å². The zero-order valence-corrected chi connectivity index (χ0v) is 20.5. The van der Waals surface area contributed by atoms with Crippen LogP contribution in [0.1, 0.15) is 27.7 Å². The van der Waals surface area contributed by atoms with Crippen molar-refractivity contribution in [1.82, 2.24) is 0 Å². The highest BCUT2D eigenvalue weighted by molar-refractivity contribution is 5.73. The van der Waals surface area contributed by atoms with Crippen molar-refractivity contribution in [3.63, 3.8) is 0 Å². The minimum absolute atomic E-state index is 0.321. The molecule has 212 valence electrons. The number of aliphatic carboxylic acids is 2. The van der Waals surface area contributed by atoms with E-state index in [0.29, 0.717) is 0 Å². The van der Waals surface area contributed by atoms with Gasteiger partial charge in [-0.1, -0.05) is 0 Å². The summed E-state index contributed by atoms with van der Waals surface area (Å²) in [7, 11) is 0. The van der Waals surface area contributed by atoms with Crippen LogP contribution in [0.4, 0.5) is 0 Å². The molecule has 2 aliphatic rings. The number of ether oxygens (including phenoxy) is 2. The summed E-state index contributed by atoms with van der Waals surface area (Å²) in [6, 6.07) is 0. The molecule has 16 nitrogen and oxygen atoms in total. The van der Waals surface area contributed by atoms with Gasteiger partial charge in [0.05, 0.1) is 13.2 Å². The first kappa shape index (κ1) is 32.5. The minimum atomic E-state index is -2.12. The Balaban J connectivity index is 0.000000360. The van der Waals surface area contributed by atoms with Crippen molar-refractivity contribution in [2.24, 2.45) is 0 Å². The van der Waals surface area contributed by atoms with Crippen LogP contribution in [0.15, 0.2) is 0 Å². The lowest BCUT2D eigenvalue weighted by Crippen LogP contribution is -3.01. The molecule has 0 aliphatic carbocycles. The summed E-state index contributed by atoms with van der Waals surface area (Å²) >= 11 is 0. The summed E-state index contributed by atoms with van der Waals surface area (Å²) in [4.78, 5) is 21.6. The standard InChI is InChI=1S/2C10H19NO7/c2*1-9(2,8(15)16)11-4-10(17)7(14)6(13)5(12)3-18-10/h2*5-7,11-14,17H,3-4H2,1-2H3,(H,15,16)/t2*5-,6-,7+,10-/m11/s1. The van der Waals surface area contributed by atoms with Crippen molar-refractivity contribution >= 4 is 11.9 Å². The number of carbonyl (C=O) groups excluding carboxylic acids is 2. The molecular formula is C20H38N2O14. The molecule has 0 radical (unpaired) electrons. The maximum atomic E-state index is 10.8. The van der Waals surface area contributed by atoms with E-state index >= 15 is 0 Å². The molecule has 16 heteroatoms. The van der Waals surface area contributed by atoms with Crippen LogP contribution in [-0.4, -0.2) is 138 Å². The number of aliphatic hydroxyl groups excluding tert-OH is 6. The molecule has 2 aliphatic heterocycles. The number of carboxylic acid groups (broad SMARTS) is 2. The number of hydrogen-bond donors (Lipinski definition) is 10. The van der Waals surface area contributed by atoms with Gasteiger partial charge in [0.25, 0.3) is 0 Å². The van der Waals surface area contributed by atoms with E-state index in [0.717, 1.165) is 0 Å². The summed E-state index contributed by atoms with van der Waals surface area (Å²) < 4.78 is 9.77. The van der Waals surface area contributed by atoms with Crippen LogP contribution in [-0.2, 0) is 19.1 Å². The Kier molecular flexibility index (Phi) is 10.7. The molecule has 0 aromatic rings. The molecule has 2 rings (SSSR count). The predicted molar refractivity (Wildman–Crippen MR) is 110 cm³/mol. The average molecular weight is 531 g/mol. The SMILES string of the molecule is CC(C)([NH2+]C[C@@]1(O)OC[C@@H](O)[C@@H](O)[C@@H]1O)C(=O)[O-].CC(C)([NH2+]C[C@@]1(O)OC[C@@H](O)[C@@H](O)[C@@H]1O)C(=O)[O-]. The van der Waals surface area contributed by atoms with Crippen LogP contribution in [0, 0.1) is 0 Å². The first-order valence-corrected chi connectivity index (χ1v) is 11.1. The second-order valence-electron chi connectivity index (χ2n) is 10.2. The maximum Gasteiger partial charge on any atom is 0.245 e. The molecular weight excluding hydrogens is 492 g/mol. The molecule has 0 amide bonds. The van der Waals surface area contributed by atoms with E-state index in [4.69, 9.17) is 9.47 Å². The molecule has 0 aromatic carbocycles. The van der Waals surface area contributed by atoms with Crippen molar-refractivity contribution in [2.75, 3.05) is 26.3 Å². The van der Waals surface area contributed by atoms with Crippen LogP contribution >= 0.6 is 0 Å². The second kappa shape index (κ2) is 11.9. The lowest BCUT2D eigenvalue weighted by molar-refractivity contribution is -0.733. The van der Waals surface area contributed by atoms with E-state index in [-0.39, 0.29) is 26.3 Å². The summed E-state index contributed by atoms with van der Waals surface area (Å²) in [6.07, 6.45) is -9.15. The van der Waals surface area contributed by atoms with E-state index in [9.17, 15) is 60.7 Å². The monoisotopic (exact) mass is 530 g/mol. The maximum absolute atomic E-state index is 10.8. The van der Waals surface area contributed by atoms with Gasteiger partial charge in [0.2, 0.25) is 11.6 Å². The normalized spacial score (nSPS) is 37.6. The predicted octanol–water partition coefficient (Wildman–Crippen LogP) is -10.2. The fraction of sp³-hybridized carbons (Fsp3) is 0.900. The van der Waals surface area contributed by atoms with Gasteiger partial charge in [-0.2, -0.15) is 0 Å². The number of rotatable bonds is 8. The smallest absolute Gasteiger partial charge is 0.245 e. The molecule has 2 heterocycles. The summed E-state index contributed by atoms with van der Waals surface area (Å²) in [5.74, 6) is -6.91. The van der Waals surface area contributed by atoms with Crippen molar-refractivity contribution in [1.29, 1.82) is 0 Å². The molecule has 2 fully saturated rings. The van der Waals surface area contributed by atoms with Crippen LogP contribution in [0.25, 0.3) is 0 Å². The Morgan fingerprint density at radius 1 is 0.750 bits per heavy atom. The quantitative estimate of drug-likeness (QED) is 0.139. The van der Waals surface area contributed by atoms with Crippen molar-refractivity contribution in [2.45, 2.75) is 87.0 Å². The largest absolute Gasteiger partial charge is 0.544 e. The van der Waals surface area contributed by atoms with Gasteiger partial charge in [-0.05, 0) is 27.7 Å². The van der Waals surface area contributed by atoms with Gasteiger partial charge in [-0.25, -0.2) is 0 Å². The number of quaternary nitrogens is 2. The lowest BCUT2D eigenvalue weighted by atomic mass is 9.95. The lowest BCUT2D eigenvalue weighted by Gasteiger charge is -2.41. The van der Waals surface area contributed by atoms with Gasteiger partial charge in [-0.3, -0.25) is 0 Å². The Morgan fingerprint density at radius 3 is 1.28 bits per heavy atom. The van der Waals surface area contributed by atoms with E-state index in [2.05, 4.69) is 0 Å². The summed E-state index contributed by atoms with van der Waals surface area (Å²) in [5, 5.41) is 101. The van der Waals surface area contributed by atoms with Gasteiger partial charge >= 0.3 is 0 Å². The number of aliphatic hydroxyl groups is 8. The molecule has 12 N–H and O–H groups in total. The van der Waals surface area contributed by atoms with Crippen LogP contribution < -0.4 is 20.8 Å². The van der Waals surface area contributed by atoms with Crippen molar-refractivity contribution < 1.29 is 80.8 Å². The topological polar surface area (TPSA) is 294 Å². The third-order valence-corrected chi connectivity index (χ3v) is 6.23. The molecule has 0 spiro atoms. The summed E-state index contributed by atoms with van der Waals surface area (Å²) in [5.41, 5.74) is -2.64. The van der Waals surface area contributed by atoms with Gasteiger partial charge in [0.15, 0.2) is 0 Å². The highest BCUT2D eigenvalue weighted by Crippen LogP contribution is 2.23. The Morgan fingerprint density at radius 2 is 1.03 bits per heavy atom. The zero-order valence-electron chi connectivity index (χ0n) is 20.5. The molecule has 0 aromatic heterocycles. The van der Waals surface area contributed by atoms with Crippen molar-refractivity contribution in [3.8, 4) is 0 Å². The molecule has 0 bridgehead atoms. The Bertz CT molecular complexity index is 705. The average Bonchev–Trinajstić information content (AvgIpc) is 2.80.